The predicted molar refractivity (Wildman–Crippen MR) is 170 cm³/mol. The smallest absolute Gasteiger partial charge is 0.413 e. The van der Waals surface area contributed by atoms with Crippen LogP contribution in [0, 0.1) is 13.8 Å². The molecule has 0 radical (unpaired) electrons. The van der Waals surface area contributed by atoms with Gasteiger partial charge in [0.15, 0.2) is 12.2 Å². The van der Waals surface area contributed by atoms with Crippen molar-refractivity contribution in [2.24, 2.45) is 5.73 Å². The minimum absolute atomic E-state index is 0.0310. The third-order valence-corrected chi connectivity index (χ3v) is 9.67. The molecule has 1 aromatic carbocycles. The Hall–Kier alpha value is -3.81. The Bertz CT molecular complexity index is 1800. The average Bonchev–Trinajstić information content (AvgIpc) is 3.61. The monoisotopic (exact) mass is 655 g/mol. The standard InChI is InChI=1S/C31H42N7O7P/c1-19(2)28-24-14-23(6-7-26(24)35-29(28)25-15-37-30(33-17-34-37)21(4)20(25)3)22-8-11-38(12-9-22,16-27(32)39)18-44-31(40)36(5)10-13-45-46(41,42)43/h6-7,14-15,17,19,22,35H,8-13,16,18H2,1-5H3,(H3-,32,39,41,42,43). The zero-order valence-corrected chi connectivity index (χ0v) is 27.8. The molecule has 46 heavy (non-hydrogen) atoms. The number of fused-ring (bicyclic) bond motifs is 2. The number of nitrogens with one attached hydrogen (secondary N) is 1. The van der Waals surface area contributed by atoms with E-state index in [1.165, 1.54) is 23.6 Å². The van der Waals surface area contributed by atoms with Crippen molar-refractivity contribution in [1.29, 1.82) is 0 Å². The number of amides is 2. The molecule has 4 N–H and O–H groups in total. The summed E-state index contributed by atoms with van der Waals surface area (Å²) in [6.07, 6.45) is 4.45. The van der Waals surface area contributed by atoms with Crippen molar-refractivity contribution in [3.05, 3.63) is 53.0 Å². The Labute approximate surface area is 267 Å². The predicted octanol–water partition coefficient (Wildman–Crippen LogP) is 3.30. The van der Waals surface area contributed by atoms with Crippen LogP contribution in [-0.4, -0.2) is 92.4 Å². The lowest BCUT2D eigenvalue weighted by molar-refractivity contribution is -0.941. The zero-order valence-electron chi connectivity index (χ0n) is 26.9. The number of aryl methyl sites for hydroxylation is 1. The summed E-state index contributed by atoms with van der Waals surface area (Å²) in [5, 5.41) is 5.57. The number of likely N-dealkylation sites (tertiary alicyclic amines) is 1. The van der Waals surface area contributed by atoms with E-state index in [1.807, 2.05) is 10.7 Å². The van der Waals surface area contributed by atoms with E-state index in [9.17, 15) is 19.0 Å². The summed E-state index contributed by atoms with van der Waals surface area (Å²) < 4.78 is 22.7. The highest BCUT2D eigenvalue weighted by molar-refractivity contribution is 7.44. The summed E-state index contributed by atoms with van der Waals surface area (Å²) in [6, 6.07) is 6.58. The second-order valence-electron chi connectivity index (χ2n) is 12.6. The first-order chi connectivity index (χ1) is 21.7. The van der Waals surface area contributed by atoms with Gasteiger partial charge in [0.1, 0.15) is 6.33 Å². The van der Waals surface area contributed by atoms with Gasteiger partial charge in [-0.1, -0.05) is 19.9 Å². The van der Waals surface area contributed by atoms with E-state index in [0.717, 1.165) is 51.3 Å². The van der Waals surface area contributed by atoms with Crippen molar-refractivity contribution in [2.75, 3.05) is 46.6 Å². The molecule has 3 aromatic heterocycles. The molecule has 1 aliphatic heterocycles. The first-order valence-electron chi connectivity index (χ1n) is 15.3. The van der Waals surface area contributed by atoms with Crippen molar-refractivity contribution < 1.29 is 37.7 Å². The molecule has 5 rings (SSSR count). The minimum Gasteiger partial charge on any atom is -0.756 e. The first kappa shape index (κ1) is 33.6. The molecule has 0 saturated carbocycles. The van der Waals surface area contributed by atoms with Crippen LogP contribution in [0.1, 0.15) is 60.8 Å². The first-order valence-corrected chi connectivity index (χ1v) is 16.8. The van der Waals surface area contributed by atoms with Crippen LogP contribution < -0.4 is 10.6 Å². The van der Waals surface area contributed by atoms with Gasteiger partial charge < -0.3 is 34.7 Å². The molecule has 0 spiro atoms. The highest BCUT2D eigenvalue weighted by Gasteiger charge is 2.37. The number of aromatic amines is 1. The van der Waals surface area contributed by atoms with Gasteiger partial charge in [-0.2, -0.15) is 5.10 Å². The number of rotatable bonds is 11. The second-order valence-corrected chi connectivity index (χ2v) is 13.8. The molecule has 248 valence electrons. The third-order valence-electron chi connectivity index (χ3n) is 9.16. The van der Waals surface area contributed by atoms with Crippen LogP contribution in [0.15, 0.2) is 30.7 Å². The Morgan fingerprint density at radius 1 is 1.26 bits per heavy atom. The Kier molecular flexibility index (Phi) is 9.57. The normalized spacial score (nSPS) is 19.9. The molecule has 1 unspecified atom stereocenters. The van der Waals surface area contributed by atoms with Crippen LogP contribution in [0.2, 0.25) is 0 Å². The van der Waals surface area contributed by atoms with Crippen LogP contribution >= 0.6 is 7.82 Å². The number of primary amides is 1. The fourth-order valence-corrected chi connectivity index (χ4v) is 6.86. The fraction of sp³-hybridized carbons (Fsp3) is 0.484. The number of phosphoric ester groups is 1. The van der Waals surface area contributed by atoms with Crippen molar-refractivity contribution in [3.8, 4) is 11.3 Å². The Morgan fingerprint density at radius 3 is 2.63 bits per heavy atom. The summed E-state index contributed by atoms with van der Waals surface area (Å²) in [7, 11) is -3.46. The number of carbonyl (C=O) groups excluding carboxylic acids is 2. The van der Waals surface area contributed by atoms with Gasteiger partial charge in [0, 0.05) is 49.1 Å². The number of hydrogen-bond donors (Lipinski definition) is 3. The molecule has 15 heteroatoms. The number of likely N-dealkylation sites (N-methyl/N-ethyl adjacent to an activating group) is 1. The van der Waals surface area contributed by atoms with Gasteiger partial charge in [-0.3, -0.25) is 13.8 Å². The number of ether oxygens (including phenoxy) is 1. The zero-order chi connectivity index (χ0) is 33.4. The van der Waals surface area contributed by atoms with E-state index < -0.39 is 26.4 Å². The molecule has 0 aliphatic carbocycles. The van der Waals surface area contributed by atoms with E-state index in [-0.39, 0.29) is 36.1 Å². The molecule has 4 heterocycles. The number of benzene rings is 1. The van der Waals surface area contributed by atoms with Gasteiger partial charge in [-0.15, -0.1) is 0 Å². The summed E-state index contributed by atoms with van der Waals surface area (Å²) in [4.78, 5) is 53.4. The maximum Gasteiger partial charge on any atom is 0.413 e. The number of aromatic nitrogens is 4. The maximum atomic E-state index is 12.6. The number of phosphoric acid groups is 1. The van der Waals surface area contributed by atoms with E-state index in [4.69, 9.17) is 15.4 Å². The lowest BCUT2D eigenvalue weighted by Crippen LogP contribution is -2.58. The Morgan fingerprint density at radius 2 is 1.98 bits per heavy atom. The van der Waals surface area contributed by atoms with Gasteiger partial charge >= 0.3 is 6.09 Å². The van der Waals surface area contributed by atoms with Crippen LogP contribution in [0.3, 0.4) is 0 Å². The van der Waals surface area contributed by atoms with Crippen LogP contribution in [-0.2, 0) is 18.6 Å². The van der Waals surface area contributed by atoms with Gasteiger partial charge in [0.25, 0.3) is 13.7 Å². The van der Waals surface area contributed by atoms with Crippen LogP contribution in [0.4, 0.5) is 4.79 Å². The highest BCUT2D eigenvalue weighted by atomic mass is 31.2. The van der Waals surface area contributed by atoms with E-state index in [1.54, 1.807) is 6.33 Å². The minimum atomic E-state index is -4.88. The topological polar surface area (TPSA) is 188 Å². The van der Waals surface area contributed by atoms with Crippen molar-refractivity contribution in [3.63, 3.8) is 0 Å². The largest absolute Gasteiger partial charge is 0.756 e. The lowest BCUT2D eigenvalue weighted by Gasteiger charge is -2.42. The van der Waals surface area contributed by atoms with E-state index >= 15 is 0 Å². The summed E-state index contributed by atoms with van der Waals surface area (Å²) in [5.41, 5.74) is 14.4. The number of H-pyrrole nitrogens is 1. The van der Waals surface area contributed by atoms with Crippen molar-refractivity contribution in [2.45, 2.75) is 52.4 Å². The maximum absolute atomic E-state index is 12.6. The number of hydrogen-bond acceptors (Lipinski definition) is 8. The van der Waals surface area contributed by atoms with Gasteiger partial charge in [-0.25, -0.2) is 14.3 Å². The SMILES string of the molecule is Cc1c(-c2[nH]c3ccc(C4CC[N+](COC(=O)N(C)CCOP(=O)([O-])O)(CC(N)=O)CC4)cc3c2C(C)C)cn2ncnc2c1C. The average molecular weight is 656 g/mol. The summed E-state index contributed by atoms with van der Waals surface area (Å²) >= 11 is 0. The number of piperidine rings is 1. The third kappa shape index (κ3) is 7.11. The molecule has 0 bridgehead atoms. The fourth-order valence-electron chi connectivity index (χ4n) is 6.55. The highest BCUT2D eigenvalue weighted by Crippen LogP contribution is 2.40. The van der Waals surface area contributed by atoms with Gasteiger partial charge in [0.05, 0.1) is 25.4 Å². The van der Waals surface area contributed by atoms with E-state index in [0.29, 0.717) is 13.1 Å². The summed E-state index contributed by atoms with van der Waals surface area (Å²) in [5.74, 6) is 0.0150. The molecule has 1 atom stereocenters. The molecular weight excluding hydrogens is 613 g/mol. The van der Waals surface area contributed by atoms with Crippen LogP contribution in [0.25, 0.3) is 27.8 Å². The Balaban J connectivity index is 1.34. The van der Waals surface area contributed by atoms with E-state index in [2.05, 4.69) is 65.5 Å². The summed E-state index contributed by atoms with van der Waals surface area (Å²) in [6.45, 7) is 9.22. The number of nitrogens with two attached hydrogens (primary N) is 1. The molecule has 1 fully saturated rings. The second kappa shape index (κ2) is 13.1. The van der Waals surface area contributed by atoms with Gasteiger partial charge in [0.2, 0.25) is 6.73 Å². The lowest BCUT2D eigenvalue weighted by atomic mass is 9.86. The van der Waals surface area contributed by atoms with Crippen molar-refractivity contribution in [1.82, 2.24) is 24.5 Å². The van der Waals surface area contributed by atoms with Gasteiger partial charge in [-0.05, 0) is 60.1 Å². The van der Waals surface area contributed by atoms with Crippen LogP contribution in [0.5, 0.6) is 0 Å². The molecule has 2 amide bonds. The van der Waals surface area contributed by atoms with Crippen molar-refractivity contribution >= 4 is 36.4 Å². The molecule has 1 aliphatic rings. The number of carbonyl (C=O) groups is 2. The molecule has 4 aromatic rings. The number of quaternary nitrogens is 1. The molecular formula is C31H42N7O7P. The molecule has 14 nitrogen and oxygen atoms in total. The number of nitrogens with zero attached hydrogens (tertiary/aromatic N) is 5. The molecule has 1 saturated heterocycles. The number of pyridine rings is 1. The quantitative estimate of drug-likeness (QED) is 0.161.